The number of likely N-dealkylation sites (tertiary alicyclic amines) is 1. The third kappa shape index (κ3) is 4.47. The molecule has 1 amide bonds. The van der Waals surface area contributed by atoms with Gasteiger partial charge in [0.1, 0.15) is 5.82 Å². The minimum Gasteiger partial charge on any atom is -0.342 e. The number of carbonyl (C=O) groups is 1. The number of rotatable bonds is 7. The molecule has 1 saturated heterocycles. The second kappa shape index (κ2) is 8.82. The Morgan fingerprint density at radius 2 is 2.00 bits per heavy atom. The summed E-state index contributed by atoms with van der Waals surface area (Å²) < 4.78 is 4.22. The lowest BCUT2D eigenvalue weighted by Crippen LogP contribution is -2.39. The molecule has 0 unspecified atom stereocenters. The Hall–Kier alpha value is -2.96. The molecule has 1 aliphatic rings. The minimum absolute atomic E-state index is 0.247. The molecule has 146 valence electrons. The second-order valence-electron chi connectivity index (χ2n) is 7.35. The standard InChI is InChI=1S/C21H26N6O/c28-20(4-2-11-25-13-9-23-17-25)26-12-1-3-19(16-26)21-24-10-14-27(21)15-18-5-7-22-8-6-18/h5-10,13-14,17,19H,1-4,11-12,15-16H2/t19-/m0/s1. The summed E-state index contributed by atoms with van der Waals surface area (Å²) in [4.78, 5) is 27.5. The predicted octanol–water partition coefficient (Wildman–Crippen LogP) is 2.71. The minimum atomic E-state index is 0.247. The topological polar surface area (TPSA) is 68.8 Å². The molecule has 0 aromatic carbocycles. The Labute approximate surface area is 165 Å². The van der Waals surface area contributed by atoms with Gasteiger partial charge in [-0.15, -0.1) is 0 Å². The van der Waals surface area contributed by atoms with Crippen molar-refractivity contribution in [3.05, 3.63) is 67.0 Å². The van der Waals surface area contributed by atoms with Crippen molar-refractivity contribution in [2.75, 3.05) is 13.1 Å². The Balaban J connectivity index is 1.35. The first kappa shape index (κ1) is 18.4. The lowest BCUT2D eigenvalue weighted by molar-refractivity contribution is -0.132. The predicted molar refractivity (Wildman–Crippen MR) is 106 cm³/mol. The van der Waals surface area contributed by atoms with Gasteiger partial charge >= 0.3 is 0 Å². The van der Waals surface area contributed by atoms with Gasteiger partial charge < -0.3 is 14.0 Å². The average molecular weight is 378 g/mol. The van der Waals surface area contributed by atoms with E-state index < -0.39 is 0 Å². The van der Waals surface area contributed by atoms with E-state index in [2.05, 4.69) is 19.5 Å². The molecule has 7 heteroatoms. The number of piperidine rings is 1. The van der Waals surface area contributed by atoms with Crippen LogP contribution in [0.5, 0.6) is 0 Å². The molecule has 0 radical (unpaired) electrons. The van der Waals surface area contributed by atoms with E-state index in [-0.39, 0.29) is 5.91 Å². The lowest BCUT2D eigenvalue weighted by atomic mass is 9.96. The van der Waals surface area contributed by atoms with Crippen LogP contribution in [0.2, 0.25) is 0 Å². The van der Waals surface area contributed by atoms with Crippen LogP contribution in [0.4, 0.5) is 0 Å². The number of pyridine rings is 1. The summed E-state index contributed by atoms with van der Waals surface area (Å²) in [5.74, 6) is 1.62. The number of hydrogen-bond acceptors (Lipinski definition) is 4. The molecule has 7 nitrogen and oxygen atoms in total. The molecule has 4 rings (SSSR count). The summed E-state index contributed by atoms with van der Waals surface area (Å²) in [6, 6.07) is 4.06. The van der Waals surface area contributed by atoms with E-state index >= 15 is 0 Å². The van der Waals surface area contributed by atoms with Gasteiger partial charge in [0.2, 0.25) is 5.91 Å². The van der Waals surface area contributed by atoms with Crippen LogP contribution in [-0.2, 0) is 17.9 Å². The Bertz CT molecular complexity index is 873. The van der Waals surface area contributed by atoms with Crippen LogP contribution in [0.1, 0.15) is 43.0 Å². The van der Waals surface area contributed by atoms with Crippen molar-refractivity contribution in [3.63, 3.8) is 0 Å². The number of hydrogen-bond donors (Lipinski definition) is 0. The van der Waals surface area contributed by atoms with Crippen molar-refractivity contribution in [1.29, 1.82) is 0 Å². The average Bonchev–Trinajstić information content (AvgIpc) is 3.41. The number of aromatic nitrogens is 5. The number of amides is 1. The van der Waals surface area contributed by atoms with Crippen LogP contribution >= 0.6 is 0 Å². The van der Waals surface area contributed by atoms with Crippen LogP contribution in [0.25, 0.3) is 0 Å². The third-order valence-electron chi connectivity index (χ3n) is 5.36. The van der Waals surface area contributed by atoms with Gasteiger partial charge in [0.05, 0.1) is 6.33 Å². The molecule has 0 aliphatic carbocycles. The summed E-state index contributed by atoms with van der Waals surface area (Å²) in [7, 11) is 0. The van der Waals surface area contributed by atoms with Gasteiger partial charge in [-0.05, 0) is 37.0 Å². The van der Waals surface area contributed by atoms with Crippen molar-refractivity contribution in [2.45, 2.75) is 44.7 Å². The molecule has 0 spiro atoms. The summed E-state index contributed by atoms with van der Waals surface area (Å²) in [6.45, 7) is 3.23. The van der Waals surface area contributed by atoms with E-state index in [0.717, 1.165) is 51.3 Å². The van der Waals surface area contributed by atoms with Crippen LogP contribution in [0.15, 0.2) is 55.6 Å². The number of aryl methyl sites for hydroxylation is 1. The molecule has 0 saturated carbocycles. The zero-order valence-electron chi connectivity index (χ0n) is 16.0. The van der Waals surface area contributed by atoms with Gasteiger partial charge in [-0.25, -0.2) is 9.97 Å². The van der Waals surface area contributed by atoms with Crippen LogP contribution in [0, 0.1) is 0 Å². The highest BCUT2D eigenvalue weighted by molar-refractivity contribution is 5.76. The molecule has 0 N–H and O–H groups in total. The Morgan fingerprint density at radius 1 is 1.11 bits per heavy atom. The molecule has 28 heavy (non-hydrogen) atoms. The highest BCUT2D eigenvalue weighted by Crippen LogP contribution is 2.27. The summed E-state index contributed by atoms with van der Waals surface area (Å²) in [6.07, 6.45) is 16.5. The lowest BCUT2D eigenvalue weighted by Gasteiger charge is -2.33. The van der Waals surface area contributed by atoms with Gasteiger partial charge in [0.15, 0.2) is 0 Å². The summed E-state index contributed by atoms with van der Waals surface area (Å²) in [5.41, 5.74) is 1.21. The molecule has 3 aromatic rings. The highest BCUT2D eigenvalue weighted by Gasteiger charge is 2.27. The summed E-state index contributed by atoms with van der Waals surface area (Å²) in [5, 5.41) is 0. The monoisotopic (exact) mass is 378 g/mol. The maximum absolute atomic E-state index is 12.7. The van der Waals surface area contributed by atoms with E-state index in [9.17, 15) is 4.79 Å². The molecule has 3 aromatic heterocycles. The van der Waals surface area contributed by atoms with E-state index in [1.54, 1.807) is 12.5 Å². The normalized spacial score (nSPS) is 17.0. The fourth-order valence-corrected chi connectivity index (χ4v) is 3.90. The SMILES string of the molecule is O=C(CCCn1ccnc1)N1CCC[C@H](c2nccn2Cc2ccncc2)C1. The van der Waals surface area contributed by atoms with E-state index in [1.807, 2.05) is 52.6 Å². The zero-order chi connectivity index (χ0) is 19.2. The molecule has 4 heterocycles. The first-order valence-electron chi connectivity index (χ1n) is 9.93. The molecular formula is C21H26N6O. The maximum atomic E-state index is 12.7. The number of carbonyl (C=O) groups excluding carboxylic acids is 1. The zero-order valence-corrected chi connectivity index (χ0v) is 16.0. The molecule has 0 bridgehead atoms. The molecule has 1 fully saturated rings. The van der Waals surface area contributed by atoms with Crippen LogP contribution in [-0.4, -0.2) is 48.0 Å². The van der Waals surface area contributed by atoms with E-state index in [4.69, 9.17) is 0 Å². The van der Waals surface area contributed by atoms with Crippen molar-refractivity contribution >= 4 is 5.91 Å². The van der Waals surface area contributed by atoms with Crippen molar-refractivity contribution < 1.29 is 4.79 Å². The molecular weight excluding hydrogens is 352 g/mol. The fraction of sp³-hybridized carbons (Fsp3) is 0.429. The Kier molecular flexibility index (Phi) is 5.80. The number of nitrogens with zero attached hydrogens (tertiary/aromatic N) is 6. The third-order valence-corrected chi connectivity index (χ3v) is 5.36. The van der Waals surface area contributed by atoms with Crippen molar-refractivity contribution in [2.24, 2.45) is 0 Å². The van der Waals surface area contributed by atoms with Crippen molar-refractivity contribution in [3.8, 4) is 0 Å². The van der Waals surface area contributed by atoms with Gasteiger partial charge in [-0.3, -0.25) is 9.78 Å². The molecule has 1 atom stereocenters. The van der Waals surface area contributed by atoms with E-state index in [0.29, 0.717) is 12.3 Å². The van der Waals surface area contributed by atoms with Gasteiger partial charge in [0.25, 0.3) is 0 Å². The summed E-state index contributed by atoms with van der Waals surface area (Å²) >= 11 is 0. The largest absolute Gasteiger partial charge is 0.342 e. The van der Waals surface area contributed by atoms with E-state index in [1.165, 1.54) is 5.56 Å². The van der Waals surface area contributed by atoms with Gasteiger partial charge in [-0.2, -0.15) is 0 Å². The maximum Gasteiger partial charge on any atom is 0.222 e. The van der Waals surface area contributed by atoms with Crippen molar-refractivity contribution in [1.82, 2.24) is 29.0 Å². The first-order chi connectivity index (χ1) is 13.8. The smallest absolute Gasteiger partial charge is 0.222 e. The van der Waals surface area contributed by atoms with Crippen LogP contribution in [0.3, 0.4) is 0 Å². The fourth-order valence-electron chi connectivity index (χ4n) is 3.90. The van der Waals surface area contributed by atoms with Crippen LogP contribution < -0.4 is 0 Å². The quantitative estimate of drug-likeness (QED) is 0.634. The highest BCUT2D eigenvalue weighted by atomic mass is 16.2. The molecule has 1 aliphatic heterocycles. The number of imidazole rings is 2. The first-order valence-corrected chi connectivity index (χ1v) is 9.93. The second-order valence-corrected chi connectivity index (χ2v) is 7.35. The van der Waals surface area contributed by atoms with Gasteiger partial charge in [-0.1, -0.05) is 0 Å². The van der Waals surface area contributed by atoms with Gasteiger partial charge in [0, 0.05) is 75.7 Å². The Morgan fingerprint density at radius 3 is 2.82 bits per heavy atom.